The van der Waals surface area contributed by atoms with Gasteiger partial charge in [-0.15, -0.1) is 0 Å². The number of likely N-dealkylation sites (N-methyl/N-ethyl adjacent to an activating group) is 1. The van der Waals surface area contributed by atoms with Crippen LogP contribution >= 0.6 is 22.6 Å². The second-order valence-electron chi connectivity index (χ2n) is 3.15. The minimum Gasteiger partial charge on any atom is -0.347 e. The van der Waals surface area contributed by atoms with E-state index in [1.807, 2.05) is 0 Å². The maximum absolute atomic E-state index is 11.3. The second kappa shape index (κ2) is 4.60. The fourth-order valence-electron chi connectivity index (χ4n) is 0.887. The largest absolute Gasteiger partial charge is 0.347 e. The molecule has 1 aromatic heterocycles. The number of hydrogen-bond acceptors (Lipinski definition) is 3. The van der Waals surface area contributed by atoms with E-state index in [4.69, 9.17) is 0 Å². The highest BCUT2D eigenvalue weighted by Crippen LogP contribution is 1.93. The molecule has 1 heterocycles. The highest BCUT2D eigenvalue weighted by molar-refractivity contribution is 14.1. The molecule has 0 saturated heterocycles. The zero-order valence-corrected chi connectivity index (χ0v) is 10.4. The fraction of sp³-hybridized carbons (Fsp3) is 0.375. The van der Waals surface area contributed by atoms with Crippen molar-refractivity contribution in [3.63, 3.8) is 0 Å². The molecule has 15 heavy (non-hydrogen) atoms. The van der Waals surface area contributed by atoms with E-state index in [1.165, 1.54) is 15.7 Å². The van der Waals surface area contributed by atoms with E-state index < -0.39 is 11.2 Å². The maximum atomic E-state index is 11.3. The second-order valence-corrected chi connectivity index (χ2v) is 4.31. The summed E-state index contributed by atoms with van der Waals surface area (Å²) in [6, 6.07) is 0. The van der Waals surface area contributed by atoms with Crippen LogP contribution in [0, 0.1) is 3.57 Å². The van der Waals surface area contributed by atoms with Crippen LogP contribution in [0.3, 0.4) is 0 Å². The van der Waals surface area contributed by atoms with Gasteiger partial charge in [-0.3, -0.25) is 19.1 Å². The van der Waals surface area contributed by atoms with Gasteiger partial charge in [0.15, 0.2) is 0 Å². The number of nitrogens with zero attached hydrogens (tertiary/aromatic N) is 2. The number of amides is 1. The Morgan fingerprint density at radius 3 is 2.67 bits per heavy atom. The van der Waals surface area contributed by atoms with Gasteiger partial charge in [-0.25, -0.2) is 4.79 Å². The lowest BCUT2D eigenvalue weighted by Gasteiger charge is -2.11. The smallest absolute Gasteiger partial charge is 0.328 e. The molecule has 7 heteroatoms. The number of carbonyl (C=O) groups excluding carboxylic acids is 1. The number of halogens is 1. The summed E-state index contributed by atoms with van der Waals surface area (Å²) in [7, 11) is 3.20. The SMILES string of the molecule is CN(C)C(=O)Cn1cc(I)c(=O)[nH]c1=O. The summed E-state index contributed by atoms with van der Waals surface area (Å²) in [5, 5.41) is 0. The number of rotatable bonds is 2. The van der Waals surface area contributed by atoms with Crippen LogP contribution in [-0.2, 0) is 11.3 Å². The number of aromatic amines is 1. The molecule has 1 N–H and O–H groups in total. The van der Waals surface area contributed by atoms with Crippen LogP contribution in [-0.4, -0.2) is 34.5 Å². The Labute approximate surface area is 99.0 Å². The van der Waals surface area contributed by atoms with E-state index in [1.54, 1.807) is 36.7 Å². The van der Waals surface area contributed by atoms with Crippen molar-refractivity contribution in [1.29, 1.82) is 0 Å². The first kappa shape index (κ1) is 12.0. The van der Waals surface area contributed by atoms with E-state index in [0.29, 0.717) is 3.57 Å². The first-order valence-electron chi connectivity index (χ1n) is 4.11. The van der Waals surface area contributed by atoms with Crippen molar-refractivity contribution in [3.05, 3.63) is 30.6 Å². The summed E-state index contributed by atoms with van der Waals surface area (Å²) in [4.78, 5) is 37.2. The molecule has 0 aliphatic carbocycles. The monoisotopic (exact) mass is 323 g/mol. The molecule has 0 fully saturated rings. The van der Waals surface area contributed by atoms with Crippen molar-refractivity contribution in [2.45, 2.75) is 6.54 Å². The van der Waals surface area contributed by atoms with E-state index in [9.17, 15) is 14.4 Å². The summed E-state index contributed by atoms with van der Waals surface area (Å²) in [6.07, 6.45) is 1.36. The Morgan fingerprint density at radius 2 is 2.13 bits per heavy atom. The van der Waals surface area contributed by atoms with Crippen molar-refractivity contribution in [1.82, 2.24) is 14.5 Å². The van der Waals surface area contributed by atoms with Crippen molar-refractivity contribution >= 4 is 28.5 Å². The number of H-pyrrole nitrogens is 1. The van der Waals surface area contributed by atoms with Crippen LogP contribution < -0.4 is 11.2 Å². The molecule has 0 bridgehead atoms. The molecule has 0 aliphatic heterocycles. The molecule has 6 nitrogen and oxygen atoms in total. The predicted molar refractivity (Wildman–Crippen MR) is 62.7 cm³/mol. The standard InChI is InChI=1S/C8H10IN3O3/c1-11(2)6(13)4-12-3-5(9)7(14)10-8(12)15/h3H,4H2,1-2H3,(H,10,14,15). The Hall–Kier alpha value is -1.12. The van der Waals surface area contributed by atoms with Gasteiger partial charge in [-0.1, -0.05) is 0 Å². The molecule has 82 valence electrons. The third kappa shape index (κ3) is 2.91. The number of carbonyl (C=O) groups is 1. The van der Waals surface area contributed by atoms with Crippen molar-refractivity contribution < 1.29 is 4.79 Å². The van der Waals surface area contributed by atoms with E-state index >= 15 is 0 Å². The van der Waals surface area contributed by atoms with Gasteiger partial charge in [0, 0.05) is 20.3 Å². The maximum Gasteiger partial charge on any atom is 0.328 e. The Balaban J connectivity index is 3.07. The summed E-state index contributed by atoms with van der Waals surface area (Å²) in [5.74, 6) is -0.208. The third-order valence-electron chi connectivity index (χ3n) is 1.77. The zero-order chi connectivity index (χ0) is 11.6. The molecular formula is C8H10IN3O3. The molecule has 1 aromatic rings. The normalized spacial score (nSPS) is 10.1. The lowest BCUT2D eigenvalue weighted by atomic mass is 10.5. The van der Waals surface area contributed by atoms with Crippen LogP contribution in [0.25, 0.3) is 0 Å². The van der Waals surface area contributed by atoms with Crippen LogP contribution in [0.4, 0.5) is 0 Å². The van der Waals surface area contributed by atoms with Gasteiger partial charge in [0.2, 0.25) is 5.91 Å². The van der Waals surface area contributed by atoms with Gasteiger partial charge < -0.3 is 4.90 Å². The average Bonchev–Trinajstić information content (AvgIpc) is 2.13. The predicted octanol–water partition coefficient (Wildman–Crippen LogP) is -0.771. The van der Waals surface area contributed by atoms with Crippen molar-refractivity contribution in [2.24, 2.45) is 0 Å². The molecule has 0 aliphatic rings. The molecule has 0 spiro atoms. The first-order chi connectivity index (χ1) is 6.91. The fourth-order valence-corrected chi connectivity index (χ4v) is 1.36. The summed E-state index contributed by atoms with van der Waals surface area (Å²) in [6.45, 7) is -0.0708. The quantitative estimate of drug-likeness (QED) is 0.726. The molecular weight excluding hydrogens is 313 g/mol. The lowest BCUT2D eigenvalue weighted by molar-refractivity contribution is -0.129. The summed E-state index contributed by atoms with van der Waals surface area (Å²) >= 11 is 1.80. The molecule has 0 saturated carbocycles. The average molecular weight is 323 g/mol. The van der Waals surface area contributed by atoms with Crippen molar-refractivity contribution in [2.75, 3.05) is 14.1 Å². The van der Waals surface area contributed by atoms with E-state index in [-0.39, 0.29) is 12.5 Å². The molecule has 1 amide bonds. The van der Waals surface area contributed by atoms with Gasteiger partial charge in [0.25, 0.3) is 5.56 Å². The van der Waals surface area contributed by atoms with Gasteiger partial charge in [0.1, 0.15) is 6.54 Å². The minimum atomic E-state index is -0.574. The third-order valence-corrected chi connectivity index (χ3v) is 2.54. The number of nitrogens with one attached hydrogen (secondary N) is 1. The van der Waals surface area contributed by atoms with Gasteiger partial charge >= 0.3 is 5.69 Å². The van der Waals surface area contributed by atoms with E-state index in [2.05, 4.69) is 4.98 Å². The van der Waals surface area contributed by atoms with Crippen LogP contribution in [0.15, 0.2) is 15.8 Å². The first-order valence-corrected chi connectivity index (χ1v) is 5.19. The van der Waals surface area contributed by atoms with Crippen molar-refractivity contribution in [3.8, 4) is 0 Å². The molecule has 0 aromatic carbocycles. The lowest BCUT2D eigenvalue weighted by Crippen LogP contribution is -2.36. The highest BCUT2D eigenvalue weighted by Gasteiger charge is 2.08. The minimum absolute atomic E-state index is 0.0708. The van der Waals surface area contributed by atoms with E-state index in [0.717, 1.165) is 0 Å². The van der Waals surface area contributed by atoms with Crippen LogP contribution in [0.5, 0.6) is 0 Å². The Kier molecular flexibility index (Phi) is 3.66. The summed E-state index contributed by atoms with van der Waals surface area (Å²) in [5.41, 5.74) is -1.01. The van der Waals surface area contributed by atoms with Crippen LogP contribution in [0.1, 0.15) is 0 Å². The molecule has 0 radical (unpaired) electrons. The van der Waals surface area contributed by atoms with Gasteiger partial charge in [-0.2, -0.15) is 0 Å². The van der Waals surface area contributed by atoms with Crippen LogP contribution in [0.2, 0.25) is 0 Å². The zero-order valence-electron chi connectivity index (χ0n) is 8.28. The molecule has 0 unspecified atom stereocenters. The highest BCUT2D eigenvalue weighted by atomic mass is 127. The Morgan fingerprint density at radius 1 is 1.53 bits per heavy atom. The number of aromatic nitrogens is 2. The number of hydrogen-bond donors (Lipinski definition) is 1. The molecule has 0 atom stereocenters. The Bertz CT molecular complexity index is 489. The topological polar surface area (TPSA) is 75.2 Å². The van der Waals surface area contributed by atoms with Gasteiger partial charge in [0.05, 0.1) is 3.57 Å². The molecule has 1 rings (SSSR count). The van der Waals surface area contributed by atoms with Gasteiger partial charge in [-0.05, 0) is 22.6 Å². The summed E-state index contributed by atoms with van der Waals surface area (Å²) < 4.78 is 1.55.